The first kappa shape index (κ1) is 27.0. The molecule has 0 fully saturated rings. The lowest BCUT2D eigenvalue weighted by molar-refractivity contribution is -0.115. The van der Waals surface area contributed by atoms with Gasteiger partial charge in [0.25, 0.3) is 0 Å². The van der Waals surface area contributed by atoms with E-state index in [0.717, 1.165) is 22.8 Å². The Hall–Kier alpha value is -4.26. The van der Waals surface area contributed by atoms with Crippen molar-refractivity contribution in [2.75, 3.05) is 16.0 Å². The van der Waals surface area contributed by atoms with E-state index < -0.39 is 0 Å². The molecule has 35 heavy (non-hydrogen) atoms. The van der Waals surface area contributed by atoms with Crippen molar-refractivity contribution in [3.63, 3.8) is 0 Å². The predicted octanol–water partition coefficient (Wildman–Crippen LogP) is 6.65. The summed E-state index contributed by atoms with van der Waals surface area (Å²) in [6.07, 6.45) is 3.62. The van der Waals surface area contributed by atoms with Gasteiger partial charge < -0.3 is 20.7 Å². The highest BCUT2D eigenvalue weighted by molar-refractivity contribution is 6.04. The number of benzene rings is 2. The molecule has 7 nitrogen and oxygen atoms in total. The topological polar surface area (TPSA) is 96.0 Å². The van der Waals surface area contributed by atoms with Crippen LogP contribution >= 0.6 is 0 Å². The first-order valence-electron chi connectivity index (χ1n) is 11.2. The van der Waals surface area contributed by atoms with Crippen molar-refractivity contribution >= 4 is 28.9 Å². The molecule has 0 bridgehead atoms. The predicted molar refractivity (Wildman–Crippen MR) is 145 cm³/mol. The molecule has 1 heterocycles. The monoisotopic (exact) mass is 471 g/mol. The standard InChI is InChI=1S/C19H20N2.C6H7N3O.C3H6O/c1-5-13(4)21-15-7-9-17-18-10-14(20-12(2)3)6-8-16(18)19(17)11-15;1-5(10)8-6-3-2-4-7-9-6;1-3(2)4/h5-11,20-21H,2H2,1,3-4H3;2-4H,1H3,(H,8,9,10);1-2H3/b13-5-;;. The third-order valence-electron chi connectivity index (χ3n) is 4.63. The van der Waals surface area contributed by atoms with E-state index in [9.17, 15) is 9.59 Å². The van der Waals surface area contributed by atoms with Crippen LogP contribution in [0.1, 0.15) is 41.5 Å². The highest BCUT2D eigenvalue weighted by Gasteiger charge is 2.22. The van der Waals surface area contributed by atoms with Gasteiger partial charge in [0.15, 0.2) is 5.82 Å². The van der Waals surface area contributed by atoms with E-state index in [0.29, 0.717) is 5.82 Å². The van der Waals surface area contributed by atoms with Crippen LogP contribution < -0.4 is 16.0 Å². The molecule has 1 aliphatic carbocycles. The van der Waals surface area contributed by atoms with Crippen molar-refractivity contribution in [2.24, 2.45) is 0 Å². The number of rotatable bonds is 5. The van der Waals surface area contributed by atoms with Crippen LogP contribution in [0.15, 0.2) is 78.8 Å². The summed E-state index contributed by atoms with van der Waals surface area (Å²) >= 11 is 0. The Morgan fingerprint density at radius 2 is 1.34 bits per heavy atom. The van der Waals surface area contributed by atoms with Crippen molar-refractivity contribution < 1.29 is 9.59 Å². The highest BCUT2D eigenvalue weighted by atomic mass is 16.1. The van der Waals surface area contributed by atoms with Gasteiger partial charge in [-0.15, -0.1) is 5.10 Å². The number of nitrogens with zero attached hydrogens (tertiary/aromatic N) is 2. The number of Topliss-reactive ketones (excluding diaryl/α,β-unsaturated/α-hetero) is 1. The summed E-state index contributed by atoms with van der Waals surface area (Å²) in [6, 6.07) is 16.4. The molecular formula is C28H33N5O2. The summed E-state index contributed by atoms with van der Waals surface area (Å²) in [7, 11) is 0. The van der Waals surface area contributed by atoms with Gasteiger partial charge in [0.05, 0.1) is 0 Å². The summed E-state index contributed by atoms with van der Waals surface area (Å²) < 4.78 is 0. The van der Waals surface area contributed by atoms with Crippen LogP contribution in [0.5, 0.6) is 0 Å². The van der Waals surface area contributed by atoms with Crippen LogP contribution in [0.3, 0.4) is 0 Å². The number of hydrogen-bond acceptors (Lipinski definition) is 6. The van der Waals surface area contributed by atoms with Gasteiger partial charge in [-0.3, -0.25) is 4.79 Å². The van der Waals surface area contributed by atoms with Gasteiger partial charge in [-0.1, -0.05) is 24.8 Å². The van der Waals surface area contributed by atoms with Gasteiger partial charge in [-0.2, -0.15) is 5.10 Å². The first-order valence-corrected chi connectivity index (χ1v) is 11.2. The molecular weight excluding hydrogens is 438 g/mol. The summed E-state index contributed by atoms with van der Waals surface area (Å²) in [4.78, 5) is 19.9. The molecule has 3 N–H and O–H groups in total. The van der Waals surface area contributed by atoms with Crippen molar-refractivity contribution in [1.82, 2.24) is 10.2 Å². The molecule has 1 amide bonds. The Kier molecular flexibility index (Phi) is 9.90. The number of hydrogen-bond donors (Lipinski definition) is 3. The molecule has 0 unspecified atom stereocenters. The largest absolute Gasteiger partial charge is 0.360 e. The molecule has 0 aliphatic heterocycles. The molecule has 182 valence electrons. The molecule has 0 radical (unpaired) electrons. The zero-order valence-corrected chi connectivity index (χ0v) is 21.2. The van der Waals surface area contributed by atoms with E-state index >= 15 is 0 Å². The molecule has 0 atom stereocenters. The summed E-state index contributed by atoms with van der Waals surface area (Å²) in [5.41, 5.74) is 9.62. The SMILES string of the molecule is C=C(C)Nc1ccc2c(c1)-c1ccc(N/C(C)=C\C)cc1-2.CC(=O)Nc1cccnn1.CC(C)=O. The van der Waals surface area contributed by atoms with E-state index in [1.54, 1.807) is 18.3 Å². The molecule has 2 aromatic carbocycles. The minimum Gasteiger partial charge on any atom is -0.360 e. The van der Waals surface area contributed by atoms with Crippen molar-refractivity contribution in [3.05, 3.63) is 78.8 Å². The van der Waals surface area contributed by atoms with Crippen molar-refractivity contribution in [3.8, 4) is 22.3 Å². The van der Waals surface area contributed by atoms with Gasteiger partial charge in [0.2, 0.25) is 5.91 Å². The van der Waals surface area contributed by atoms with Crippen LogP contribution in [0.25, 0.3) is 22.3 Å². The number of ketones is 1. The second-order valence-electron chi connectivity index (χ2n) is 8.22. The average molecular weight is 472 g/mol. The van der Waals surface area contributed by atoms with E-state index in [1.807, 2.05) is 13.8 Å². The van der Waals surface area contributed by atoms with E-state index in [4.69, 9.17) is 0 Å². The van der Waals surface area contributed by atoms with Gasteiger partial charge >= 0.3 is 0 Å². The minimum atomic E-state index is -0.138. The van der Waals surface area contributed by atoms with Crippen LogP contribution in [-0.4, -0.2) is 21.9 Å². The van der Waals surface area contributed by atoms with Gasteiger partial charge in [0, 0.05) is 35.9 Å². The molecule has 3 aromatic rings. The maximum Gasteiger partial charge on any atom is 0.222 e. The van der Waals surface area contributed by atoms with Crippen molar-refractivity contribution in [1.29, 1.82) is 0 Å². The maximum atomic E-state index is 10.4. The summed E-state index contributed by atoms with van der Waals surface area (Å²) in [5, 5.41) is 16.4. The quantitative estimate of drug-likeness (QED) is 0.302. The molecule has 4 rings (SSSR count). The number of carbonyl (C=O) groups excluding carboxylic acids is 2. The lowest BCUT2D eigenvalue weighted by atomic mass is 9.80. The maximum absolute atomic E-state index is 10.4. The number of amides is 1. The van der Waals surface area contributed by atoms with E-state index in [1.165, 1.54) is 43.0 Å². The fraction of sp³-hybridized carbons (Fsp3) is 0.214. The second kappa shape index (κ2) is 12.8. The third kappa shape index (κ3) is 8.55. The first-order chi connectivity index (χ1) is 16.6. The fourth-order valence-electron chi connectivity index (χ4n) is 3.19. The Balaban J connectivity index is 0.000000257. The highest BCUT2D eigenvalue weighted by Crippen LogP contribution is 2.49. The molecule has 0 spiro atoms. The molecule has 0 saturated heterocycles. The van der Waals surface area contributed by atoms with Gasteiger partial charge in [-0.05, 0) is 93.3 Å². The molecule has 0 saturated carbocycles. The zero-order chi connectivity index (χ0) is 26.0. The lowest BCUT2D eigenvalue weighted by Crippen LogP contribution is -2.07. The number of allylic oxidation sites excluding steroid dienone is 3. The molecule has 1 aliphatic rings. The number of nitrogens with one attached hydrogen (secondary N) is 3. The Labute approximate surface area is 207 Å². The molecule has 1 aromatic heterocycles. The van der Waals surface area contributed by atoms with Crippen LogP contribution in [0.2, 0.25) is 0 Å². The van der Waals surface area contributed by atoms with Crippen molar-refractivity contribution in [2.45, 2.75) is 41.5 Å². The Morgan fingerprint density at radius 3 is 1.77 bits per heavy atom. The Morgan fingerprint density at radius 1 is 0.800 bits per heavy atom. The summed E-state index contributed by atoms with van der Waals surface area (Å²) in [5.74, 6) is 0.510. The fourth-order valence-corrected chi connectivity index (χ4v) is 3.19. The third-order valence-corrected chi connectivity index (χ3v) is 4.63. The summed E-state index contributed by atoms with van der Waals surface area (Å²) in [6.45, 7) is 14.4. The number of carbonyl (C=O) groups is 2. The van der Waals surface area contributed by atoms with Crippen LogP contribution in [0, 0.1) is 0 Å². The smallest absolute Gasteiger partial charge is 0.222 e. The Bertz CT molecular complexity index is 1230. The minimum absolute atomic E-state index is 0.138. The van der Waals surface area contributed by atoms with Crippen LogP contribution in [0.4, 0.5) is 17.2 Å². The second-order valence-corrected chi connectivity index (χ2v) is 8.22. The van der Waals surface area contributed by atoms with Crippen LogP contribution in [-0.2, 0) is 9.59 Å². The van der Waals surface area contributed by atoms with Gasteiger partial charge in [-0.25, -0.2) is 0 Å². The average Bonchev–Trinajstić information content (AvgIpc) is 2.78. The lowest BCUT2D eigenvalue weighted by Gasteiger charge is -2.26. The van der Waals surface area contributed by atoms with E-state index in [-0.39, 0.29) is 11.7 Å². The zero-order valence-electron chi connectivity index (χ0n) is 21.2. The molecule has 7 heteroatoms. The normalized spacial score (nSPS) is 10.5. The van der Waals surface area contributed by atoms with E-state index in [2.05, 4.69) is 82.1 Å². The number of aromatic nitrogens is 2. The number of anilines is 3. The van der Waals surface area contributed by atoms with Gasteiger partial charge in [0.1, 0.15) is 5.78 Å². The number of fused-ring (bicyclic) bond motifs is 4.